The van der Waals surface area contributed by atoms with Crippen LogP contribution in [0.2, 0.25) is 0 Å². The summed E-state index contributed by atoms with van der Waals surface area (Å²) in [6.07, 6.45) is 1.51. The first kappa shape index (κ1) is 15.4. The fraction of sp³-hybridized carbons (Fsp3) is 0.273. The van der Waals surface area contributed by atoms with E-state index in [0.717, 1.165) is 40.2 Å². The third-order valence-electron chi connectivity index (χ3n) is 5.50. The maximum atomic E-state index is 13.0. The number of fused-ring (bicyclic) bond motifs is 3. The summed E-state index contributed by atoms with van der Waals surface area (Å²) in [5, 5.41) is 3.47. The number of Topliss-reactive ketones (excluding diaryl/α,β-unsaturated/α-hetero) is 1. The molecule has 1 aliphatic carbocycles. The summed E-state index contributed by atoms with van der Waals surface area (Å²) in [4.78, 5) is 17.8. The summed E-state index contributed by atoms with van der Waals surface area (Å²) in [6.45, 7) is 4.23. The Bertz CT molecular complexity index is 1060. The van der Waals surface area contributed by atoms with Crippen molar-refractivity contribution in [2.24, 2.45) is 5.92 Å². The first-order chi connectivity index (χ1) is 12.6. The lowest BCUT2D eigenvalue weighted by Crippen LogP contribution is -2.33. The SMILES string of the molecule is Cc1ccc(C2C3=C(CC(C)CC3=O)Nc3nc4ccccc4n32)cc1. The predicted molar refractivity (Wildman–Crippen MR) is 103 cm³/mol. The summed E-state index contributed by atoms with van der Waals surface area (Å²) in [5.41, 5.74) is 6.31. The Hall–Kier alpha value is -2.88. The molecule has 2 aliphatic rings. The number of hydrogen-bond donors (Lipinski definition) is 1. The topological polar surface area (TPSA) is 46.9 Å². The van der Waals surface area contributed by atoms with Crippen LogP contribution in [0.3, 0.4) is 0 Å². The van der Waals surface area contributed by atoms with Gasteiger partial charge in [-0.2, -0.15) is 0 Å². The molecule has 1 N–H and O–H groups in total. The third-order valence-corrected chi connectivity index (χ3v) is 5.50. The fourth-order valence-corrected chi connectivity index (χ4v) is 4.28. The first-order valence-electron chi connectivity index (χ1n) is 9.18. The number of imidazole rings is 1. The van der Waals surface area contributed by atoms with Gasteiger partial charge in [0.05, 0.1) is 17.1 Å². The van der Waals surface area contributed by atoms with Gasteiger partial charge in [0.2, 0.25) is 5.95 Å². The average molecular weight is 343 g/mol. The van der Waals surface area contributed by atoms with Crippen molar-refractivity contribution in [3.63, 3.8) is 0 Å². The van der Waals surface area contributed by atoms with Crippen LogP contribution in [0.25, 0.3) is 11.0 Å². The lowest BCUT2D eigenvalue weighted by Gasteiger charge is -2.35. The van der Waals surface area contributed by atoms with E-state index in [1.165, 1.54) is 5.56 Å². The Morgan fingerprint density at radius 1 is 1.08 bits per heavy atom. The maximum absolute atomic E-state index is 13.0. The molecule has 2 aromatic carbocycles. The molecule has 26 heavy (non-hydrogen) atoms. The zero-order valence-electron chi connectivity index (χ0n) is 15.0. The van der Waals surface area contributed by atoms with Crippen LogP contribution in [0.1, 0.15) is 36.9 Å². The van der Waals surface area contributed by atoms with Gasteiger partial charge in [0.25, 0.3) is 0 Å². The molecule has 4 nitrogen and oxygen atoms in total. The highest BCUT2D eigenvalue weighted by molar-refractivity contribution is 6.00. The lowest BCUT2D eigenvalue weighted by atomic mass is 9.81. The molecule has 2 unspecified atom stereocenters. The molecule has 0 saturated carbocycles. The van der Waals surface area contributed by atoms with Gasteiger partial charge >= 0.3 is 0 Å². The minimum atomic E-state index is -0.116. The molecule has 0 bridgehead atoms. The van der Waals surface area contributed by atoms with Crippen LogP contribution >= 0.6 is 0 Å². The minimum absolute atomic E-state index is 0.116. The van der Waals surface area contributed by atoms with E-state index in [9.17, 15) is 4.79 Å². The molecule has 0 radical (unpaired) electrons. The van der Waals surface area contributed by atoms with E-state index in [4.69, 9.17) is 4.98 Å². The van der Waals surface area contributed by atoms with Crippen LogP contribution in [-0.2, 0) is 4.79 Å². The van der Waals surface area contributed by atoms with Gasteiger partial charge in [-0.3, -0.25) is 9.36 Å². The van der Waals surface area contributed by atoms with Crippen LogP contribution in [0.15, 0.2) is 59.8 Å². The van der Waals surface area contributed by atoms with E-state index < -0.39 is 0 Å². The molecule has 0 spiro atoms. The van der Waals surface area contributed by atoms with Gasteiger partial charge in [-0.1, -0.05) is 48.9 Å². The van der Waals surface area contributed by atoms with Crippen LogP contribution < -0.4 is 5.32 Å². The number of anilines is 1. The van der Waals surface area contributed by atoms with Crippen molar-refractivity contribution in [2.45, 2.75) is 32.7 Å². The number of rotatable bonds is 1. The summed E-state index contributed by atoms with van der Waals surface area (Å²) in [5.74, 6) is 1.45. The lowest BCUT2D eigenvalue weighted by molar-refractivity contribution is -0.117. The summed E-state index contributed by atoms with van der Waals surface area (Å²) in [6, 6.07) is 16.5. The van der Waals surface area contributed by atoms with Gasteiger partial charge in [0.1, 0.15) is 0 Å². The quantitative estimate of drug-likeness (QED) is 0.702. The largest absolute Gasteiger partial charge is 0.329 e. The number of aryl methyl sites for hydroxylation is 1. The van der Waals surface area contributed by atoms with Crippen molar-refractivity contribution in [3.05, 3.63) is 70.9 Å². The Morgan fingerprint density at radius 2 is 1.85 bits per heavy atom. The van der Waals surface area contributed by atoms with Gasteiger partial charge < -0.3 is 5.32 Å². The highest BCUT2D eigenvalue weighted by atomic mass is 16.1. The highest BCUT2D eigenvalue weighted by Crippen LogP contribution is 2.43. The summed E-state index contributed by atoms with van der Waals surface area (Å²) < 4.78 is 2.19. The van der Waals surface area contributed by atoms with Crippen LogP contribution in [0.4, 0.5) is 5.95 Å². The van der Waals surface area contributed by atoms with E-state index in [0.29, 0.717) is 12.3 Å². The van der Waals surface area contributed by atoms with E-state index in [1.54, 1.807) is 0 Å². The molecule has 4 heteroatoms. The van der Waals surface area contributed by atoms with Crippen molar-refractivity contribution in [1.82, 2.24) is 9.55 Å². The standard InChI is InChI=1S/C22H21N3O/c1-13-7-9-15(10-8-13)21-20-17(11-14(2)12-19(20)26)24-22-23-16-5-3-4-6-18(16)25(21)22/h3-10,14,21H,11-12H2,1-2H3,(H,23,24). The number of allylic oxidation sites excluding steroid dienone is 2. The van der Waals surface area contributed by atoms with Gasteiger partial charge in [0.15, 0.2) is 5.78 Å². The van der Waals surface area contributed by atoms with Crippen molar-refractivity contribution in [2.75, 3.05) is 5.32 Å². The van der Waals surface area contributed by atoms with Crippen LogP contribution in [0, 0.1) is 12.8 Å². The molecule has 0 fully saturated rings. The van der Waals surface area contributed by atoms with Gasteiger partial charge in [-0.25, -0.2) is 4.98 Å². The summed E-state index contributed by atoms with van der Waals surface area (Å²) >= 11 is 0. The molecular formula is C22H21N3O. The Morgan fingerprint density at radius 3 is 2.65 bits per heavy atom. The fourth-order valence-electron chi connectivity index (χ4n) is 4.28. The minimum Gasteiger partial charge on any atom is -0.329 e. The number of nitrogens with zero attached hydrogens (tertiary/aromatic N) is 2. The number of carbonyl (C=O) groups is 1. The second-order valence-corrected chi connectivity index (χ2v) is 7.56. The molecule has 5 rings (SSSR count). The van der Waals surface area contributed by atoms with E-state index in [2.05, 4.69) is 54.1 Å². The first-order valence-corrected chi connectivity index (χ1v) is 9.18. The van der Waals surface area contributed by atoms with E-state index in [1.807, 2.05) is 18.2 Å². The number of ketones is 1. The van der Waals surface area contributed by atoms with E-state index in [-0.39, 0.29) is 11.8 Å². The molecule has 130 valence electrons. The number of benzene rings is 2. The third kappa shape index (κ3) is 2.22. The molecule has 1 aliphatic heterocycles. The molecule has 0 saturated heterocycles. The number of carbonyl (C=O) groups excluding carboxylic acids is 1. The Balaban J connectivity index is 1.79. The normalized spacial score (nSPS) is 22.2. The van der Waals surface area contributed by atoms with E-state index >= 15 is 0 Å². The molecule has 3 aromatic rings. The second-order valence-electron chi connectivity index (χ2n) is 7.56. The number of nitrogens with one attached hydrogen (secondary N) is 1. The number of para-hydroxylation sites is 2. The van der Waals surface area contributed by atoms with Crippen LogP contribution in [-0.4, -0.2) is 15.3 Å². The summed E-state index contributed by atoms with van der Waals surface area (Å²) in [7, 11) is 0. The van der Waals surface area contributed by atoms with Crippen molar-refractivity contribution in [1.29, 1.82) is 0 Å². The van der Waals surface area contributed by atoms with Gasteiger partial charge in [0, 0.05) is 17.7 Å². The molecule has 1 aromatic heterocycles. The average Bonchev–Trinajstić information content (AvgIpc) is 2.98. The smallest absolute Gasteiger partial charge is 0.209 e. The molecule has 2 atom stereocenters. The van der Waals surface area contributed by atoms with Crippen LogP contribution in [0.5, 0.6) is 0 Å². The Labute approximate surface area is 152 Å². The van der Waals surface area contributed by atoms with Gasteiger partial charge in [-0.15, -0.1) is 0 Å². The molecule has 0 amide bonds. The number of hydrogen-bond acceptors (Lipinski definition) is 3. The Kier molecular flexibility index (Phi) is 3.29. The zero-order chi connectivity index (χ0) is 17.8. The molecule has 2 heterocycles. The predicted octanol–water partition coefficient (Wildman–Crippen LogP) is 4.61. The maximum Gasteiger partial charge on any atom is 0.209 e. The zero-order valence-corrected chi connectivity index (χ0v) is 15.0. The van der Waals surface area contributed by atoms with Crippen molar-refractivity contribution < 1.29 is 4.79 Å². The highest BCUT2D eigenvalue weighted by Gasteiger charge is 2.38. The van der Waals surface area contributed by atoms with Gasteiger partial charge in [-0.05, 0) is 37.0 Å². The second kappa shape index (κ2) is 5.56. The monoisotopic (exact) mass is 343 g/mol. The van der Waals surface area contributed by atoms with Crippen molar-refractivity contribution in [3.8, 4) is 0 Å². The molecular weight excluding hydrogens is 322 g/mol. The number of aromatic nitrogens is 2. The van der Waals surface area contributed by atoms with Crippen molar-refractivity contribution >= 4 is 22.8 Å².